The molecule has 1 unspecified atom stereocenters. The molecule has 0 radical (unpaired) electrons. The van der Waals surface area contributed by atoms with Crippen molar-refractivity contribution in [1.29, 1.82) is 0 Å². The second kappa shape index (κ2) is 8.99. The van der Waals surface area contributed by atoms with E-state index in [-0.39, 0.29) is 6.42 Å². The second-order valence-corrected chi connectivity index (χ2v) is 6.50. The fourth-order valence-corrected chi connectivity index (χ4v) is 1.68. The quantitative estimate of drug-likeness (QED) is 0.253. The molecule has 0 aromatic carbocycles. The van der Waals surface area contributed by atoms with Gasteiger partial charge in [0.05, 0.1) is 0 Å². The molecule has 0 saturated heterocycles. The van der Waals surface area contributed by atoms with Gasteiger partial charge in [-0.3, -0.25) is 9.59 Å². The number of aliphatic carboxylic acids is 1. The van der Waals surface area contributed by atoms with Gasteiger partial charge in [-0.2, -0.15) is 0 Å². The summed E-state index contributed by atoms with van der Waals surface area (Å²) in [6.07, 6.45) is 1.50. The first kappa shape index (κ1) is 19.9. The van der Waals surface area contributed by atoms with E-state index < -0.39 is 34.3 Å². The highest BCUT2D eigenvalue weighted by Gasteiger charge is 2.31. The third kappa shape index (κ3) is 8.67. The lowest BCUT2D eigenvalue weighted by atomic mass is 10.1. The number of esters is 1. The summed E-state index contributed by atoms with van der Waals surface area (Å²) in [5.74, 6) is -2.64. The molecule has 8 heteroatoms. The molecule has 0 bridgehead atoms. The van der Waals surface area contributed by atoms with Crippen molar-refractivity contribution in [3.05, 3.63) is 0 Å². The number of carbonyl (C=O) groups is 3. The average molecular weight is 367 g/mol. The fraction of sp³-hybridized carbons (Fsp3) is 0.769. The largest absolute Gasteiger partial charge is 0.480 e. The molecule has 0 rings (SSSR count). The van der Waals surface area contributed by atoms with Crippen molar-refractivity contribution in [2.24, 2.45) is 5.73 Å². The average Bonchev–Trinajstić information content (AvgIpc) is 2.34. The molecule has 0 aliphatic carbocycles. The molecular formula is C13H23BrN2O5. The predicted molar refractivity (Wildman–Crippen MR) is 81.0 cm³/mol. The molecule has 0 saturated carbocycles. The van der Waals surface area contributed by atoms with Gasteiger partial charge in [-0.25, -0.2) is 4.79 Å². The Labute approximate surface area is 132 Å². The molecular weight excluding hydrogens is 344 g/mol. The summed E-state index contributed by atoms with van der Waals surface area (Å²) in [5, 5.41) is 11.4. The van der Waals surface area contributed by atoms with Crippen LogP contribution in [0.15, 0.2) is 0 Å². The Morgan fingerprint density at radius 3 is 2.29 bits per heavy atom. The SMILES string of the molecule is CC(C)(C)OC(=O)C(Br)C(=O)N[C@@H](CCCCN)C(=O)O. The molecule has 0 aliphatic rings. The summed E-state index contributed by atoms with van der Waals surface area (Å²) in [5.41, 5.74) is 4.61. The van der Waals surface area contributed by atoms with Crippen LogP contribution in [0.3, 0.4) is 0 Å². The van der Waals surface area contributed by atoms with Gasteiger partial charge in [-0.15, -0.1) is 0 Å². The number of ether oxygens (including phenoxy) is 1. The first-order chi connectivity index (χ1) is 9.58. The number of hydrogen-bond donors (Lipinski definition) is 3. The zero-order valence-corrected chi connectivity index (χ0v) is 14.1. The van der Waals surface area contributed by atoms with Gasteiger partial charge in [0.15, 0.2) is 4.83 Å². The summed E-state index contributed by atoms with van der Waals surface area (Å²) < 4.78 is 5.05. The highest BCUT2D eigenvalue weighted by molar-refractivity contribution is 9.10. The van der Waals surface area contributed by atoms with Crippen LogP contribution in [-0.4, -0.2) is 46.0 Å². The third-order valence-corrected chi connectivity index (χ3v) is 3.20. The molecule has 4 N–H and O–H groups in total. The summed E-state index contributed by atoms with van der Waals surface area (Å²) in [6.45, 7) is 5.49. The lowest BCUT2D eigenvalue weighted by Crippen LogP contribution is -2.47. The van der Waals surface area contributed by atoms with E-state index in [1.54, 1.807) is 20.8 Å². The van der Waals surface area contributed by atoms with Gasteiger partial charge in [0.25, 0.3) is 0 Å². The minimum atomic E-state index is -1.24. The monoisotopic (exact) mass is 366 g/mol. The van der Waals surface area contributed by atoms with Crippen LogP contribution in [0.2, 0.25) is 0 Å². The molecule has 0 aromatic rings. The maximum Gasteiger partial charge on any atom is 0.329 e. The molecule has 7 nitrogen and oxygen atoms in total. The van der Waals surface area contributed by atoms with E-state index in [1.807, 2.05) is 0 Å². The zero-order valence-electron chi connectivity index (χ0n) is 12.5. The van der Waals surface area contributed by atoms with Crippen LogP contribution in [0, 0.1) is 0 Å². The van der Waals surface area contributed by atoms with E-state index in [0.29, 0.717) is 19.4 Å². The number of nitrogens with one attached hydrogen (secondary N) is 1. The van der Waals surface area contributed by atoms with Gasteiger partial charge in [0.1, 0.15) is 11.6 Å². The van der Waals surface area contributed by atoms with Crippen molar-refractivity contribution < 1.29 is 24.2 Å². The molecule has 122 valence electrons. The van der Waals surface area contributed by atoms with Crippen molar-refractivity contribution in [1.82, 2.24) is 5.32 Å². The predicted octanol–water partition coefficient (Wildman–Crippen LogP) is 0.790. The van der Waals surface area contributed by atoms with Crippen LogP contribution in [-0.2, 0) is 19.1 Å². The third-order valence-electron chi connectivity index (χ3n) is 2.41. The number of halogens is 1. The van der Waals surface area contributed by atoms with E-state index in [9.17, 15) is 14.4 Å². The normalized spacial score (nSPS) is 14.1. The second-order valence-electron chi connectivity index (χ2n) is 5.58. The molecule has 0 aromatic heterocycles. The topological polar surface area (TPSA) is 119 Å². The maximum atomic E-state index is 11.9. The molecule has 0 fully saturated rings. The van der Waals surface area contributed by atoms with E-state index in [1.165, 1.54) is 0 Å². The van der Waals surface area contributed by atoms with Crippen molar-refractivity contribution in [2.45, 2.75) is 56.5 Å². The van der Waals surface area contributed by atoms with Crippen LogP contribution in [0.5, 0.6) is 0 Å². The number of carboxylic acid groups (broad SMARTS) is 1. The maximum absolute atomic E-state index is 11.9. The minimum Gasteiger partial charge on any atom is -0.480 e. The van der Waals surface area contributed by atoms with Crippen molar-refractivity contribution in [3.63, 3.8) is 0 Å². The van der Waals surface area contributed by atoms with Gasteiger partial charge in [0.2, 0.25) is 5.91 Å². The van der Waals surface area contributed by atoms with E-state index in [4.69, 9.17) is 15.6 Å². The summed E-state index contributed by atoms with van der Waals surface area (Å²) >= 11 is 2.92. The highest BCUT2D eigenvalue weighted by atomic mass is 79.9. The number of alkyl halides is 1. The molecule has 2 atom stereocenters. The Morgan fingerprint density at radius 2 is 1.86 bits per heavy atom. The number of amides is 1. The van der Waals surface area contributed by atoms with Gasteiger partial charge in [0, 0.05) is 0 Å². The Balaban J connectivity index is 4.53. The number of carboxylic acids is 1. The first-order valence-electron chi connectivity index (χ1n) is 6.68. The highest BCUT2D eigenvalue weighted by Crippen LogP contribution is 2.13. The zero-order chi connectivity index (χ0) is 16.6. The van der Waals surface area contributed by atoms with Gasteiger partial charge in [-0.05, 0) is 46.6 Å². The van der Waals surface area contributed by atoms with Crippen LogP contribution in [0.4, 0.5) is 0 Å². The number of rotatable bonds is 8. The van der Waals surface area contributed by atoms with Gasteiger partial charge >= 0.3 is 11.9 Å². The number of carbonyl (C=O) groups excluding carboxylic acids is 2. The molecule has 0 aliphatic heterocycles. The fourth-order valence-electron chi connectivity index (χ4n) is 1.46. The van der Waals surface area contributed by atoms with Gasteiger partial charge in [-0.1, -0.05) is 15.9 Å². The Morgan fingerprint density at radius 1 is 1.29 bits per heavy atom. The lowest BCUT2D eigenvalue weighted by Gasteiger charge is -2.22. The van der Waals surface area contributed by atoms with Crippen LogP contribution in [0.25, 0.3) is 0 Å². The van der Waals surface area contributed by atoms with Crippen molar-refractivity contribution in [2.75, 3.05) is 6.54 Å². The molecule has 0 heterocycles. The summed E-state index contributed by atoms with van der Waals surface area (Å²) in [7, 11) is 0. The van der Waals surface area contributed by atoms with Crippen molar-refractivity contribution >= 4 is 33.8 Å². The van der Waals surface area contributed by atoms with Crippen LogP contribution in [0.1, 0.15) is 40.0 Å². The first-order valence-corrected chi connectivity index (χ1v) is 7.60. The summed E-state index contributed by atoms with van der Waals surface area (Å²) in [6, 6.07) is -1.05. The van der Waals surface area contributed by atoms with Crippen LogP contribution >= 0.6 is 15.9 Å². The van der Waals surface area contributed by atoms with Crippen molar-refractivity contribution in [3.8, 4) is 0 Å². The van der Waals surface area contributed by atoms with E-state index >= 15 is 0 Å². The molecule has 21 heavy (non-hydrogen) atoms. The molecule has 1 amide bonds. The Kier molecular flexibility index (Phi) is 8.50. The van der Waals surface area contributed by atoms with E-state index in [2.05, 4.69) is 21.2 Å². The Bertz CT molecular complexity index is 381. The molecule has 0 spiro atoms. The lowest BCUT2D eigenvalue weighted by molar-refractivity contribution is -0.156. The Hall–Kier alpha value is -1.15. The number of unbranched alkanes of at least 4 members (excludes halogenated alkanes) is 1. The van der Waals surface area contributed by atoms with E-state index in [0.717, 1.165) is 0 Å². The smallest absolute Gasteiger partial charge is 0.329 e. The number of nitrogens with two attached hydrogens (primary N) is 1. The minimum absolute atomic E-state index is 0.256. The van der Waals surface area contributed by atoms with Gasteiger partial charge < -0.3 is 20.9 Å². The van der Waals surface area contributed by atoms with Crippen LogP contribution < -0.4 is 11.1 Å². The number of hydrogen-bond acceptors (Lipinski definition) is 5. The standard InChI is InChI=1S/C13H23BrN2O5/c1-13(2,3)21-12(20)9(14)10(17)16-8(11(18)19)6-4-5-7-15/h8-9H,4-7,15H2,1-3H3,(H,16,17)(H,18,19)/t8-,9?/m0/s1. The summed E-state index contributed by atoms with van der Waals surface area (Å²) in [4.78, 5) is 33.4.